The second-order valence-corrected chi connectivity index (χ2v) is 8.49. The van der Waals surface area contributed by atoms with E-state index in [1.165, 1.54) is 5.56 Å². The van der Waals surface area contributed by atoms with E-state index in [9.17, 15) is 14.7 Å². The van der Waals surface area contributed by atoms with E-state index in [4.69, 9.17) is 4.74 Å². The van der Waals surface area contributed by atoms with Crippen molar-refractivity contribution in [1.29, 1.82) is 0 Å². The molecule has 5 nitrogen and oxygen atoms in total. The third-order valence-electron chi connectivity index (χ3n) is 5.75. The third kappa shape index (κ3) is 5.04. The average Bonchev–Trinajstić information content (AvgIpc) is 3.04. The summed E-state index contributed by atoms with van der Waals surface area (Å²) in [5.74, 6) is -0.650. The van der Waals surface area contributed by atoms with Crippen molar-refractivity contribution in [1.82, 2.24) is 4.90 Å². The Kier molecular flexibility index (Phi) is 7.73. The van der Waals surface area contributed by atoms with Crippen LogP contribution >= 0.6 is 0 Å². The second kappa shape index (κ2) is 10.5. The molecule has 0 aromatic heterocycles. The summed E-state index contributed by atoms with van der Waals surface area (Å²) in [6, 6.07) is 14.3. The van der Waals surface area contributed by atoms with E-state index in [0.29, 0.717) is 17.9 Å². The van der Waals surface area contributed by atoms with Gasteiger partial charge in [0.2, 0.25) is 0 Å². The van der Waals surface area contributed by atoms with Crippen molar-refractivity contribution in [3.63, 3.8) is 0 Å². The molecule has 2 aromatic rings. The van der Waals surface area contributed by atoms with Gasteiger partial charge in [0, 0.05) is 12.1 Å². The minimum absolute atomic E-state index is 0.0361. The molecule has 1 N–H and O–H groups in total. The van der Waals surface area contributed by atoms with Crippen LogP contribution in [0.15, 0.2) is 54.1 Å². The summed E-state index contributed by atoms with van der Waals surface area (Å²) < 4.78 is 5.67. The predicted octanol–water partition coefficient (Wildman–Crippen LogP) is 5.65. The number of carbonyl (C=O) groups excluding carboxylic acids is 2. The Hall–Kier alpha value is -3.08. The first kappa shape index (κ1) is 23.6. The van der Waals surface area contributed by atoms with Crippen LogP contribution < -0.4 is 4.74 Å². The zero-order chi connectivity index (χ0) is 23.3. The Balaban J connectivity index is 2.04. The van der Waals surface area contributed by atoms with Crippen molar-refractivity contribution >= 4 is 17.4 Å². The molecular weight excluding hydrogens is 402 g/mol. The lowest BCUT2D eigenvalue weighted by molar-refractivity contribution is -0.139. The highest BCUT2D eigenvalue weighted by Gasteiger charge is 2.45. The van der Waals surface area contributed by atoms with Crippen molar-refractivity contribution in [2.75, 3.05) is 6.54 Å². The van der Waals surface area contributed by atoms with Crippen LogP contribution in [0.1, 0.15) is 69.7 Å². The van der Waals surface area contributed by atoms with E-state index in [-0.39, 0.29) is 17.4 Å². The van der Waals surface area contributed by atoms with E-state index in [1.54, 1.807) is 29.2 Å². The number of carbonyl (C=O) groups is 2. The van der Waals surface area contributed by atoms with Crippen LogP contribution in [-0.4, -0.2) is 34.3 Å². The monoisotopic (exact) mass is 435 g/mol. The quantitative estimate of drug-likeness (QED) is 0.239. The molecule has 1 amide bonds. The molecule has 1 atom stereocenters. The molecule has 1 unspecified atom stereocenters. The lowest BCUT2D eigenvalue weighted by Gasteiger charge is -2.25. The van der Waals surface area contributed by atoms with Gasteiger partial charge in [-0.2, -0.15) is 0 Å². The number of nitrogens with zero attached hydrogens (tertiary/aromatic N) is 1. The first-order valence-electron chi connectivity index (χ1n) is 11.5. The van der Waals surface area contributed by atoms with Crippen molar-refractivity contribution in [3.05, 3.63) is 70.8 Å². The maximum atomic E-state index is 13.0. The number of aryl methyl sites for hydroxylation is 1. The third-order valence-corrected chi connectivity index (χ3v) is 5.75. The van der Waals surface area contributed by atoms with Gasteiger partial charge in [0.15, 0.2) is 0 Å². The van der Waals surface area contributed by atoms with Crippen LogP contribution in [0.5, 0.6) is 5.75 Å². The van der Waals surface area contributed by atoms with Crippen LogP contribution in [0, 0.1) is 0 Å². The number of rotatable bonds is 9. The fourth-order valence-corrected chi connectivity index (χ4v) is 4.04. The van der Waals surface area contributed by atoms with Gasteiger partial charge in [0.25, 0.3) is 11.7 Å². The molecule has 1 saturated heterocycles. The largest absolute Gasteiger partial charge is 0.507 e. The summed E-state index contributed by atoms with van der Waals surface area (Å²) in [4.78, 5) is 27.6. The smallest absolute Gasteiger partial charge is 0.295 e. The number of amides is 1. The predicted molar refractivity (Wildman–Crippen MR) is 127 cm³/mol. The SMILES string of the molecule is CCCCCN1C(=O)C(=O)/C(=C(\O)c2ccc(OC(C)C)cc2)C1c1ccc(CC)cc1. The molecule has 170 valence electrons. The number of ether oxygens (including phenoxy) is 1. The summed E-state index contributed by atoms with van der Waals surface area (Å²) in [5, 5.41) is 11.1. The Morgan fingerprint density at radius 2 is 1.66 bits per heavy atom. The first-order valence-corrected chi connectivity index (χ1v) is 11.5. The van der Waals surface area contributed by atoms with E-state index < -0.39 is 17.7 Å². The average molecular weight is 436 g/mol. The molecule has 0 saturated carbocycles. The summed E-state index contributed by atoms with van der Waals surface area (Å²) >= 11 is 0. The molecule has 1 aliphatic heterocycles. The molecule has 32 heavy (non-hydrogen) atoms. The van der Waals surface area contributed by atoms with Gasteiger partial charge < -0.3 is 14.7 Å². The van der Waals surface area contributed by atoms with Crippen molar-refractivity contribution in [3.8, 4) is 5.75 Å². The van der Waals surface area contributed by atoms with E-state index in [2.05, 4.69) is 13.8 Å². The molecule has 1 aliphatic rings. The summed E-state index contributed by atoms with van der Waals surface area (Å²) in [7, 11) is 0. The number of Topliss-reactive ketones (excluding diaryl/α,β-unsaturated/α-hetero) is 1. The molecule has 1 fully saturated rings. The molecule has 0 spiro atoms. The molecule has 2 aromatic carbocycles. The number of likely N-dealkylation sites (tertiary alicyclic amines) is 1. The number of ketones is 1. The molecule has 0 bridgehead atoms. The minimum Gasteiger partial charge on any atom is -0.507 e. The number of unbranched alkanes of at least 4 members (excludes halogenated alkanes) is 2. The van der Waals surface area contributed by atoms with Gasteiger partial charge in [-0.3, -0.25) is 9.59 Å². The van der Waals surface area contributed by atoms with Gasteiger partial charge in [-0.25, -0.2) is 0 Å². The first-order chi connectivity index (χ1) is 15.4. The van der Waals surface area contributed by atoms with Crippen LogP contribution in [0.3, 0.4) is 0 Å². The number of hydrogen-bond acceptors (Lipinski definition) is 4. The minimum atomic E-state index is -0.633. The van der Waals surface area contributed by atoms with Crippen LogP contribution in [0.4, 0.5) is 0 Å². The molecule has 1 heterocycles. The summed E-state index contributed by atoms with van der Waals surface area (Å²) in [6.45, 7) is 8.55. The van der Waals surface area contributed by atoms with Crippen molar-refractivity contribution in [2.45, 2.75) is 65.5 Å². The molecule has 0 aliphatic carbocycles. The standard InChI is InChI=1S/C27H33NO4/c1-5-7-8-17-28-24(20-11-9-19(6-2)10-12-20)23(26(30)27(28)31)25(29)21-13-15-22(16-14-21)32-18(3)4/h9-16,18,24,29H,5-8,17H2,1-4H3/b25-23-. The maximum Gasteiger partial charge on any atom is 0.295 e. The topological polar surface area (TPSA) is 66.8 Å². The van der Waals surface area contributed by atoms with E-state index in [0.717, 1.165) is 31.2 Å². The highest BCUT2D eigenvalue weighted by Crippen LogP contribution is 2.39. The Morgan fingerprint density at radius 1 is 1.00 bits per heavy atom. The van der Waals surface area contributed by atoms with Gasteiger partial charge in [-0.15, -0.1) is 0 Å². The van der Waals surface area contributed by atoms with E-state index >= 15 is 0 Å². The lowest BCUT2D eigenvalue weighted by Crippen LogP contribution is -2.30. The zero-order valence-electron chi connectivity index (χ0n) is 19.4. The Bertz CT molecular complexity index is 974. The van der Waals surface area contributed by atoms with E-state index in [1.807, 2.05) is 38.1 Å². The molecule has 5 heteroatoms. The molecular formula is C27H33NO4. The summed E-state index contributed by atoms with van der Waals surface area (Å²) in [6.07, 6.45) is 3.75. The molecule has 3 rings (SSSR count). The number of aliphatic hydroxyl groups is 1. The number of hydrogen-bond donors (Lipinski definition) is 1. The fourth-order valence-electron chi connectivity index (χ4n) is 4.04. The van der Waals surface area contributed by atoms with Gasteiger partial charge in [0.1, 0.15) is 11.5 Å². The number of aliphatic hydroxyl groups excluding tert-OH is 1. The zero-order valence-corrected chi connectivity index (χ0v) is 19.4. The number of benzene rings is 2. The van der Waals surface area contributed by atoms with Crippen LogP contribution in [0.25, 0.3) is 5.76 Å². The highest BCUT2D eigenvalue weighted by atomic mass is 16.5. The Labute approximate surface area is 190 Å². The van der Waals surface area contributed by atoms with Gasteiger partial charge in [-0.1, -0.05) is 51.0 Å². The highest BCUT2D eigenvalue weighted by molar-refractivity contribution is 6.46. The van der Waals surface area contributed by atoms with Crippen molar-refractivity contribution in [2.24, 2.45) is 0 Å². The lowest BCUT2D eigenvalue weighted by atomic mass is 9.94. The second-order valence-electron chi connectivity index (χ2n) is 8.49. The molecule has 0 radical (unpaired) electrons. The van der Waals surface area contributed by atoms with Crippen LogP contribution in [-0.2, 0) is 16.0 Å². The fraction of sp³-hybridized carbons (Fsp3) is 0.407. The van der Waals surface area contributed by atoms with Gasteiger partial charge in [0.05, 0.1) is 17.7 Å². The van der Waals surface area contributed by atoms with Gasteiger partial charge in [-0.05, 0) is 62.1 Å². The van der Waals surface area contributed by atoms with Crippen LogP contribution in [0.2, 0.25) is 0 Å². The van der Waals surface area contributed by atoms with Crippen molar-refractivity contribution < 1.29 is 19.4 Å². The Morgan fingerprint density at radius 3 is 2.22 bits per heavy atom. The van der Waals surface area contributed by atoms with Gasteiger partial charge >= 0.3 is 0 Å². The normalized spacial score (nSPS) is 17.9. The summed E-state index contributed by atoms with van der Waals surface area (Å²) in [5.41, 5.74) is 2.65. The maximum absolute atomic E-state index is 13.0.